The Balaban J connectivity index is 1.51. The molecule has 142 valence electrons. The highest BCUT2D eigenvalue weighted by Gasteiger charge is 2.14. The number of carbonyl (C=O) groups is 2. The Bertz CT molecular complexity index is 971. The fourth-order valence-corrected chi connectivity index (χ4v) is 2.72. The fraction of sp³-hybridized carbons (Fsp3) is 0.105. The van der Waals surface area contributed by atoms with Gasteiger partial charge in [-0.1, -0.05) is 17.4 Å². The van der Waals surface area contributed by atoms with Crippen LogP contribution in [-0.2, 0) is 16.1 Å². The molecule has 8 nitrogen and oxygen atoms in total. The van der Waals surface area contributed by atoms with Crippen LogP contribution in [0.1, 0.15) is 20.5 Å². The van der Waals surface area contributed by atoms with Crippen LogP contribution in [0.4, 0.5) is 5.69 Å². The lowest BCUT2D eigenvalue weighted by atomic mass is 10.3. The summed E-state index contributed by atoms with van der Waals surface area (Å²) in [5, 5.41) is 11.0. The van der Waals surface area contributed by atoms with E-state index in [4.69, 9.17) is 9.47 Å². The average Bonchev–Trinajstić information content (AvgIpc) is 3.21. The van der Waals surface area contributed by atoms with Crippen molar-refractivity contribution in [2.75, 3.05) is 12.4 Å². The molecule has 0 aliphatic rings. The largest absolute Gasteiger partial charge is 0.497 e. The third kappa shape index (κ3) is 5.45. The van der Waals surface area contributed by atoms with E-state index in [1.807, 2.05) is 6.07 Å². The number of nitrogens with zero attached hydrogens (tertiary/aromatic N) is 3. The molecule has 0 saturated carbocycles. The van der Waals surface area contributed by atoms with Crippen molar-refractivity contribution in [3.8, 4) is 5.75 Å². The number of pyridine rings is 1. The van der Waals surface area contributed by atoms with E-state index in [0.29, 0.717) is 22.1 Å². The molecule has 1 amide bonds. The van der Waals surface area contributed by atoms with Gasteiger partial charge < -0.3 is 14.8 Å². The van der Waals surface area contributed by atoms with Gasteiger partial charge in [0.15, 0.2) is 5.01 Å². The Morgan fingerprint density at radius 1 is 1.14 bits per heavy atom. The van der Waals surface area contributed by atoms with Crippen molar-refractivity contribution in [2.24, 2.45) is 0 Å². The molecule has 0 fully saturated rings. The van der Waals surface area contributed by atoms with Crippen LogP contribution in [0.15, 0.2) is 54.7 Å². The zero-order valence-corrected chi connectivity index (χ0v) is 15.7. The standard InChI is InChI=1S/C19H16N4O4S/c1-26-15-8-5-14(6-9-15)21-18(25)19-23-22-16(28-19)12-27-17(24)10-7-13-4-2-3-11-20-13/h2-11H,12H2,1H3,(H,21,25). The SMILES string of the molecule is COc1ccc(NC(=O)c2nnc(COC(=O)C=Cc3ccccn3)s2)cc1. The summed E-state index contributed by atoms with van der Waals surface area (Å²) in [6.45, 7) is -0.0706. The van der Waals surface area contributed by atoms with Crippen molar-refractivity contribution >= 4 is 35.0 Å². The molecule has 0 atom stereocenters. The molecule has 1 aromatic carbocycles. The monoisotopic (exact) mass is 396 g/mol. The number of amides is 1. The van der Waals surface area contributed by atoms with Crippen LogP contribution in [-0.4, -0.2) is 34.2 Å². The van der Waals surface area contributed by atoms with Crippen LogP contribution in [0.3, 0.4) is 0 Å². The lowest BCUT2D eigenvalue weighted by Gasteiger charge is -2.03. The average molecular weight is 396 g/mol. The van der Waals surface area contributed by atoms with Gasteiger partial charge in [-0.05, 0) is 42.5 Å². The number of esters is 1. The summed E-state index contributed by atoms with van der Waals surface area (Å²) in [5.74, 6) is -0.240. The zero-order chi connectivity index (χ0) is 19.8. The van der Waals surface area contributed by atoms with Crippen LogP contribution in [0.25, 0.3) is 6.08 Å². The van der Waals surface area contributed by atoms with Crippen LogP contribution < -0.4 is 10.1 Å². The first kappa shape index (κ1) is 19.2. The molecule has 3 aromatic rings. The smallest absolute Gasteiger partial charge is 0.331 e. The summed E-state index contributed by atoms with van der Waals surface area (Å²) in [6.07, 6.45) is 4.46. The van der Waals surface area contributed by atoms with E-state index in [1.165, 1.54) is 6.08 Å². The molecule has 0 bridgehead atoms. The van der Waals surface area contributed by atoms with Crippen molar-refractivity contribution in [3.05, 3.63) is 70.4 Å². The van der Waals surface area contributed by atoms with E-state index < -0.39 is 11.9 Å². The molecular weight excluding hydrogens is 380 g/mol. The van der Waals surface area contributed by atoms with Crippen molar-refractivity contribution in [3.63, 3.8) is 0 Å². The lowest BCUT2D eigenvalue weighted by Crippen LogP contribution is -2.11. The Morgan fingerprint density at radius 3 is 2.68 bits per heavy atom. The molecule has 28 heavy (non-hydrogen) atoms. The molecule has 0 aliphatic heterocycles. The molecule has 0 unspecified atom stereocenters. The van der Waals surface area contributed by atoms with Gasteiger partial charge in [-0.3, -0.25) is 9.78 Å². The van der Waals surface area contributed by atoms with E-state index in [-0.39, 0.29) is 11.6 Å². The maximum Gasteiger partial charge on any atom is 0.331 e. The quantitative estimate of drug-likeness (QED) is 0.484. The van der Waals surface area contributed by atoms with E-state index in [9.17, 15) is 9.59 Å². The van der Waals surface area contributed by atoms with Crippen molar-refractivity contribution in [1.82, 2.24) is 15.2 Å². The highest BCUT2D eigenvalue weighted by atomic mass is 32.1. The van der Waals surface area contributed by atoms with Crippen LogP contribution in [0.2, 0.25) is 0 Å². The minimum absolute atomic E-state index is 0.0706. The molecule has 0 spiro atoms. The Hall–Kier alpha value is -3.59. The van der Waals surface area contributed by atoms with Gasteiger partial charge in [0.25, 0.3) is 5.91 Å². The number of hydrogen-bond donors (Lipinski definition) is 1. The molecule has 0 saturated heterocycles. The topological polar surface area (TPSA) is 103 Å². The predicted molar refractivity (Wildman–Crippen MR) is 104 cm³/mol. The van der Waals surface area contributed by atoms with E-state index in [0.717, 1.165) is 11.3 Å². The van der Waals surface area contributed by atoms with Gasteiger partial charge in [-0.2, -0.15) is 0 Å². The van der Waals surface area contributed by atoms with E-state index in [2.05, 4.69) is 20.5 Å². The number of benzene rings is 1. The first-order chi connectivity index (χ1) is 13.6. The number of anilines is 1. The summed E-state index contributed by atoms with van der Waals surface area (Å²) in [5.41, 5.74) is 1.25. The fourth-order valence-electron chi connectivity index (χ4n) is 2.07. The first-order valence-corrected chi connectivity index (χ1v) is 8.99. The number of ether oxygens (including phenoxy) is 2. The molecular formula is C19H16N4O4S. The predicted octanol–water partition coefficient (Wildman–Crippen LogP) is 2.95. The molecule has 0 aliphatic carbocycles. The number of rotatable bonds is 7. The highest BCUT2D eigenvalue weighted by molar-refractivity contribution is 7.13. The summed E-state index contributed by atoms with van der Waals surface area (Å²) in [6, 6.07) is 12.3. The normalized spacial score (nSPS) is 10.6. The number of methoxy groups -OCH3 is 1. The third-order valence-electron chi connectivity index (χ3n) is 3.42. The molecule has 2 aromatic heterocycles. The summed E-state index contributed by atoms with van der Waals surface area (Å²) in [4.78, 5) is 28.0. The number of aromatic nitrogens is 3. The second-order valence-electron chi connectivity index (χ2n) is 5.38. The van der Waals surface area contributed by atoms with Gasteiger partial charge >= 0.3 is 5.97 Å². The van der Waals surface area contributed by atoms with Crippen LogP contribution in [0.5, 0.6) is 5.75 Å². The Morgan fingerprint density at radius 2 is 1.96 bits per heavy atom. The van der Waals surface area contributed by atoms with Gasteiger partial charge in [0.2, 0.25) is 5.01 Å². The van der Waals surface area contributed by atoms with Crippen LogP contribution in [0, 0.1) is 0 Å². The van der Waals surface area contributed by atoms with Gasteiger partial charge in [-0.15, -0.1) is 10.2 Å². The highest BCUT2D eigenvalue weighted by Crippen LogP contribution is 2.17. The van der Waals surface area contributed by atoms with Crippen molar-refractivity contribution in [1.29, 1.82) is 0 Å². The van der Waals surface area contributed by atoms with Gasteiger partial charge in [0, 0.05) is 18.0 Å². The molecule has 1 N–H and O–H groups in total. The second kappa shape index (κ2) is 9.38. The third-order valence-corrected chi connectivity index (χ3v) is 4.32. The zero-order valence-electron chi connectivity index (χ0n) is 14.9. The minimum Gasteiger partial charge on any atom is -0.497 e. The summed E-state index contributed by atoms with van der Waals surface area (Å²) in [7, 11) is 1.57. The molecule has 0 radical (unpaired) electrons. The number of carbonyl (C=O) groups excluding carboxylic acids is 2. The van der Waals surface area contributed by atoms with Crippen molar-refractivity contribution < 1.29 is 19.1 Å². The number of nitrogens with one attached hydrogen (secondary N) is 1. The maximum absolute atomic E-state index is 12.2. The van der Waals surface area contributed by atoms with Crippen molar-refractivity contribution in [2.45, 2.75) is 6.61 Å². The molecule has 3 rings (SSSR count). The van der Waals surface area contributed by atoms with Gasteiger partial charge in [-0.25, -0.2) is 4.79 Å². The lowest BCUT2D eigenvalue weighted by molar-refractivity contribution is -0.138. The Kier molecular flexibility index (Phi) is 6.42. The molecule has 2 heterocycles. The summed E-state index contributed by atoms with van der Waals surface area (Å²) >= 11 is 1.05. The van der Waals surface area contributed by atoms with Gasteiger partial charge in [0.1, 0.15) is 12.4 Å². The van der Waals surface area contributed by atoms with E-state index in [1.54, 1.807) is 55.8 Å². The Labute approximate surface area is 164 Å². The van der Waals surface area contributed by atoms with E-state index >= 15 is 0 Å². The minimum atomic E-state index is -0.537. The first-order valence-electron chi connectivity index (χ1n) is 8.17. The number of hydrogen-bond acceptors (Lipinski definition) is 8. The summed E-state index contributed by atoms with van der Waals surface area (Å²) < 4.78 is 10.2. The maximum atomic E-state index is 12.2. The molecule has 9 heteroatoms. The van der Waals surface area contributed by atoms with Crippen LogP contribution >= 0.6 is 11.3 Å². The van der Waals surface area contributed by atoms with Gasteiger partial charge in [0.05, 0.1) is 12.8 Å². The second-order valence-corrected chi connectivity index (χ2v) is 6.44.